The summed E-state index contributed by atoms with van der Waals surface area (Å²) in [6, 6.07) is 3.92. The predicted molar refractivity (Wildman–Crippen MR) is 121 cm³/mol. The Balaban J connectivity index is 0.00000420. The molecule has 10 heteroatoms. The molecule has 2 N–H and O–H groups in total. The van der Waals surface area contributed by atoms with Gasteiger partial charge >= 0.3 is 6.61 Å². The van der Waals surface area contributed by atoms with Gasteiger partial charge in [0.05, 0.1) is 12.1 Å². The van der Waals surface area contributed by atoms with Crippen LogP contribution in [0.5, 0.6) is 5.75 Å². The first-order valence-corrected chi connectivity index (χ1v) is 11.0. The van der Waals surface area contributed by atoms with Crippen LogP contribution in [0.2, 0.25) is 0 Å². The molecule has 2 rings (SSSR count). The highest BCUT2D eigenvalue weighted by atomic mass is 127. The summed E-state index contributed by atoms with van der Waals surface area (Å²) in [5.74, 6) is 0.257. The molecule has 0 radical (unpaired) electrons. The fraction of sp³-hybridized carbons (Fsp3) is 0.632. The zero-order chi connectivity index (χ0) is 20.5. The Morgan fingerprint density at radius 3 is 2.76 bits per heavy atom. The molecule has 0 spiro atoms. The van der Waals surface area contributed by atoms with E-state index in [1.807, 2.05) is 13.8 Å². The first-order valence-electron chi connectivity index (χ1n) is 9.58. The van der Waals surface area contributed by atoms with Gasteiger partial charge in [0.25, 0.3) is 0 Å². The fourth-order valence-corrected chi connectivity index (χ4v) is 4.67. The number of benzene rings is 1. The smallest absolute Gasteiger partial charge is 0.387 e. The topological polar surface area (TPSA) is 62.7 Å². The molecule has 1 saturated carbocycles. The Labute approximate surface area is 189 Å². The third kappa shape index (κ3) is 8.31. The number of aliphatic imine (C=N–C) groups is 1. The van der Waals surface area contributed by atoms with Gasteiger partial charge in [-0.05, 0) is 38.3 Å². The molecule has 1 aromatic carbocycles. The van der Waals surface area contributed by atoms with Gasteiger partial charge in [-0.3, -0.25) is 4.21 Å². The second-order valence-corrected chi connectivity index (χ2v) is 8.59. The lowest BCUT2D eigenvalue weighted by molar-refractivity contribution is -0.0506. The maximum absolute atomic E-state index is 14.1. The number of ether oxygens (including phenoxy) is 1. The lowest BCUT2D eigenvalue weighted by Gasteiger charge is -2.30. The quantitative estimate of drug-likeness (QED) is 0.291. The SMILES string of the molecule is CCNC(=NCc1c(F)cccc1OC(F)F)NC1CCCC(S(=O)CC)C1.I. The molecule has 0 aromatic heterocycles. The normalized spacial score (nSPS) is 20.7. The molecule has 0 amide bonds. The number of guanidine groups is 1. The molecule has 1 aliphatic rings. The van der Waals surface area contributed by atoms with E-state index in [1.54, 1.807) is 0 Å². The van der Waals surface area contributed by atoms with Crippen LogP contribution in [0.4, 0.5) is 13.2 Å². The highest BCUT2D eigenvalue weighted by Gasteiger charge is 2.26. The molecule has 0 heterocycles. The summed E-state index contributed by atoms with van der Waals surface area (Å²) in [4.78, 5) is 4.35. The zero-order valence-electron chi connectivity index (χ0n) is 16.6. The van der Waals surface area contributed by atoms with Crippen LogP contribution < -0.4 is 15.4 Å². The molecule has 1 fully saturated rings. The number of alkyl halides is 2. The number of hydrogen-bond acceptors (Lipinski definition) is 3. The van der Waals surface area contributed by atoms with Crippen molar-refractivity contribution in [3.05, 3.63) is 29.6 Å². The molecule has 1 aromatic rings. The van der Waals surface area contributed by atoms with E-state index in [4.69, 9.17) is 0 Å². The van der Waals surface area contributed by atoms with Gasteiger partial charge in [-0.1, -0.05) is 19.4 Å². The Kier molecular flexibility index (Phi) is 11.9. The number of rotatable bonds is 8. The minimum atomic E-state index is -3.03. The van der Waals surface area contributed by atoms with Crippen LogP contribution >= 0.6 is 24.0 Å². The van der Waals surface area contributed by atoms with E-state index in [1.165, 1.54) is 18.2 Å². The molecule has 1 aliphatic carbocycles. The molecule has 5 nitrogen and oxygen atoms in total. The van der Waals surface area contributed by atoms with E-state index in [9.17, 15) is 17.4 Å². The molecule has 0 bridgehead atoms. The average molecular weight is 547 g/mol. The molecule has 3 unspecified atom stereocenters. The van der Waals surface area contributed by atoms with Gasteiger partial charge < -0.3 is 15.4 Å². The average Bonchev–Trinajstić information content (AvgIpc) is 2.66. The largest absolute Gasteiger partial charge is 0.434 e. The van der Waals surface area contributed by atoms with Gasteiger partial charge in [-0.15, -0.1) is 24.0 Å². The molecular formula is C19H29F3IN3O2S. The van der Waals surface area contributed by atoms with E-state index in [0.717, 1.165) is 25.7 Å². The van der Waals surface area contributed by atoms with Crippen molar-refractivity contribution in [3.8, 4) is 5.75 Å². The van der Waals surface area contributed by atoms with E-state index >= 15 is 0 Å². The van der Waals surface area contributed by atoms with Crippen molar-refractivity contribution in [1.29, 1.82) is 0 Å². The van der Waals surface area contributed by atoms with Gasteiger partial charge in [0.1, 0.15) is 11.6 Å². The first-order chi connectivity index (χ1) is 13.4. The number of nitrogens with zero attached hydrogens (tertiary/aromatic N) is 1. The Morgan fingerprint density at radius 2 is 2.10 bits per heavy atom. The Bertz CT molecular complexity index is 695. The van der Waals surface area contributed by atoms with E-state index in [-0.39, 0.29) is 53.1 Å². The second kappa shape index (κ2) is 13.3. The lowest BCUT2D eigenvalue weighted by Crippen LogP contribution is -2.46. The first kappa shape index (κ1) is 26.0. The summed E-state index contributed by atoms with van der Waals surface area (Å²) in [5, 5.41) is 6.56. The third-order valence-electron chi connectivity index (χ3n) is 4.65. The van der Waals surface area contributed by atoms with Crippen LogP contribution in [0, 0.1) is 5.82 Å². The monoisotopic (exact) mass is 547 g/mol. The minimum Gasteiger partial charge on any atom is -0.434 e. The van der Waals surface area contributed by atoms with Gasteiger partial charge in [-0.25, -0.2) is 9.38 Å². The van der Waals surface area contributed by atoms with Gasteiger partial charge in [0.15, 0.2) is 5.96 Å². The Hall–Kier alpha value is -1.04. The second-order valence-electron chi connectivity index (χ2n) is 6.59. The van der Waals surface area contributed by atoms with Crippen LogP contribution in [-0.4, -0.2) is 40.4 Å². The fourth-order valence-electron chi connectivity index (χ4n) is 3.32. The predicted octanol–water partition coefficient (Wildman–Crippen LogP) is 4.18. The van der Waals surface area contributed by atoms with Crippen molar-refractivity contribution in [2.75, 3.05) is 12.3 Å². The van der Waals surface area contributed by atoms with E-state index in [0.29, 0.717) is 18.3 Å². The molecule has 166 valence electrons. The summed E-state index contributed by atoms with van der Waals surface area (Å²) >= 11 is 0. The number of halogens is 4. The van der Waals surface area contributed by atoms with Gasteiger partial charge in [0, 0.05) is 34.4 Å². The van der Waals surface area contributed by atoms with Crippen LogP contribution in [0.25, 0.3) is 0 Å². The highest BCUT2D eigenvalue weighted by molar-refractivity contribution is 14.0. The van der Waals surface area contributed by atoms with E-state index in [2.05, 4.69) is 20.4 Å². The van der Waals surface area contributed by atoms with Crippen molar-refractivity contribution < 1.29 is 22.1 Å². The van der Waals surface area contributed by atoms with Crippen LogP contribution in [0.1, 0.15) is 45.1 Å². The van der Waals surface area contributed by atoms with Crippen molar-refractivity contribution in [1.82, 2.24) is 10.6 Å². The number of nitrogens with one attached hydrogen (secondary N) is 2. The minimum absolute atomic E-state index is 0. The van der Waals surface area contributed by atoms with Crippen LogP contribution in [0.3, 0.4) is 0 Å². The van der Waals surface area contributed by atoms with Gasteiger partial charge in [0.2, 0.25) is 0 Å². The lowest BCUT2D eigenvalue weighted by atomic mass is 9.95. The zero-order valence-corrected chi connectivity index (χ0v) is 19.8. The summed E-state index contributed by atoms with van der Waals surface area (Å²) in [5.41, 5.74) is -0.0198. The maximum atomic E-state index is 14.1. The molecular weight excluding hydrogens is 518 g/mol. The summed E-state index contributed by atoms with van der Waals surface area (Å²) in [6.45, 7) is 1.25. The molecule has 29 heavy (non-hydrogen) atoms. The van der Waals surface area contributed by atoms with E-state index < -0.39 is 23.2 Å². The Morgan fingerprint density at radius 1 is 1.34 bits per heavy atom. The summed E-state index contributed by atoms with van der Waals surface area (Å²) in [6.07, 6.45) is 3.65. The molecule has 0 aliphatic heterocycles. The maximum Gasteiger partial charge on any atom is 0.387 e. The van der Waals surface area contributed by atoms with Crippen molar-refractivity contribution in [2.24, 2.45) is 4.99 Å². The summed E-state index contributed by atoms with van der Waals surface area (Å²) < 4.78 is 55.8. The van der Waals surface area contributed by atoms with Crippen molar-refractivity contribution >= 4 is 40.7 Å². The third-order valence-corrected chi connectivity index (χ3v) is 6.40. The molecule has 0 saturated heterocycles. The molecule has 3 atom stereocenters. The van der Waals surface area contributed by atoms with Crippen molar-refractivity contribution in [2.45, 2.75) is 64.0 Å². The standard InChI is InChI=1S/C19H28F3N3O2S.HI/c1-3-23-19(25-13-7-5-8-14(11-13)28(26)4-2)24-12-15-16(20)9-6-10-17(15)27-18(21)22;/h6,9-10,13-14,18H,3-5,7-8,11-12H2,1-2H3,(H2,23,24,25);1H. The van der Waals surface area contributed by atoms with Gasteiger partial charge in [-0.2, -0.15) is 8.78 Å². The number of hydrogen-bond donors (Lipinski definition) is 2. The summed E-state index contributed by atoms with van der Waals surface area (Å²) in [7, 11) is -0.836. The van der Waals surface area contributed by atoms with Crippen molar-refractivity contribution in [3.63, 3.8) is 0 Å². The highest BCUT2D eigenvalue weighted by Crippen LogP contribution is 2.25. The van der Waals surface area contributed by atoms with Crippen LogP contribution in [0.15, 0.2) is 23.2 Å². The van der Waals surface area contributed by atoms with Crippen LogP contribution in [-0.2, 0) is 17.3 Å².